The molecule has 0 spiro atoms. The van der Waals surface area contributed by atoms with E-state index < -0.39 is 11.4 Å². The molecule has 168 valence electrons. The summed E-state index contributed by atoms with van der Waals surface area (Å²) in [6.07, 6.45) is 2.22. The van der Waals surface area contributed by atoms with E-state index in [2.05, 4.69) is 31.2 Å². The fourth-order valence-corrected chi connectivity index (χ4v) is 5.74. The summed E-state index contributed by atoms with van der Waals surface area (Å²) in [6.45, 7) is 0.815. The first-order chi connectivity index (χ1) is 15.9. The number of amides is 1. The average Bonchev–Trinajstić information content (AvgIpc) is 3.21. The first-order valence-corrected chi connectivity index (χ1v) is 12.0. The van der Waals surface area contributed by atoms with E-state index in [0.717, 1.165) is 16.9 Å². The van der Waals surface area contributed by atoms with Crippen molar-refractivity contribution in [1.82, 2.24) is 15.3 Å². The Labute approximate surface area is 201 Å². The molecule has 33 heavy (non-hydrogen) atoms. The van der Waals surface area contributed by atoms with Crippen LogP contribution in [0.5, 0.6) is 0 Å². The maximum absolute atomic E-state index is 15.1. The van der Waals surface area contributed by atoms with Gasteiger partial charge in [0, 0.05) is 33.8 Å². The molecule has 0 unspecified atom stereocenters. The quantitative estimate of drug-likeness (QED) is 0.545. The van der Waals surface area contributed by atoms with Crippen molar-refractivity contribution in [3.8, 4) is 0 Å². The minimum atomic E-state index is -0.962. The summed E-state index contributed by atoms with van der Waals surface area (Å²) in [4.78, 5) is 27.7. The van der Waals surface area contributed by atoms with Crippen molar-refractivity contribution in [3.05, 3.63) is 88.2 Å². The molecule has 5 rings (SSSR count). The number of nitrogens with one attached hydrogen (secondary N) is 1. The number of hydrogen-bond donors (Lipinski definition) is 1. The summed E-state index contributed by atoms with van der Waals surface area (Å²) in [5, 5.41) is 3.31. The molecular weight excluding hydrogens is 512 g/mol. The second-order valence-corrected chi connectivity index (χ2v) is 9.80. The monoisotopic (exact) mass is 529 g/mol. The molecule has 1 fully saturated rings. The number of carbonyl (C=O) groups is 1. The highest BCUT2D eigenvalue weighted by Gasteiger charge is 2.52. The molecule has 1 saturated heterocycles. The zero-order chi connectivity index (χ0) is 23.0. The predicted octanol–water partition coefficient (Wildman–Crippen LogP) is 4.38. The van der Waals surface area contributed by atoms with E-state index in [9.17, 15) is 9.18 Å². The van der Waals surface area contributed by atoms with Crippen LogP contribution in [-0.2, 0) is 5.54 Å². The first-order valence-electron chi connectivity index (χ1n) is 10.2. The van der Waals surface area contributed by atoms with Crippen LogP contribution in [0.25, 0.3) is 0 Å². The van der Waals surface area contributed by atoms with Crippen molar-refractivity contribution in [2.75, 3.05) is 23.7 Å². The largest absolute Gasteiger partial charge is 0.338 e. The van der Waals surface area contributed by atoms with Gasteiger partial charge in [0.15, 0.2) is 11.0 Å². The minimum absolute atomic E-state index is 0.0719. The fourth-order valence-electron chi connectivity index (χ4n) is 4.25. The van der Waals surface area contributed by atoms with Gasteiger partial charge in [-0.2, -0.15) is 0 Å². The standard InChI is InChI=1S/C23H18BrF2N5OS/c24-16-6-7-19(26)18(8-16)23-13-31(21-27-9-17(25)10-28-21)11-15(23)12-33-22(30-23)29-20(32)14-4-2-1-3-5-14/h1-10,15H,11-13H2,(H,29,30,32)/t15-,23-/m1/s1. The highest BCUT2D eigenvalue weighted by molar-refractivity contribution is 9.10. The molecular formula is C23H18BrF2N5OS. The van der Waals surface area contributed by atoms with Gasteiger partial charge < -0.3 is 10.2 Å². The highest BCUT2D eigenvalue weighted by Crippen LogP contribution is 2.47. The van der Waals surface area contributed by atoms with Crippen LogP contribution in [0.15, 0.2) is 70.4 Å². The van der Waals surface area contributed by atoms with Crippen molar-refractivity contribution >= 4 is 44.7 Å². The Morgan fingerprint density at radius 3 is 2.67 bits per heavy atom. The summed E-state index contributed by atoms with van der Waals surface area (Å²) in [6, 6.07) is 13.6. The molecule has 0 radical (unpaired) electrons. The maximum Gasteiger partial charge on any atom is 0.257 e. The van der Waals surface area contributed by atoms with Crippen LogP contribution in [-0.4, -0.2) is 39.9 Å². The van der Waals surface area contributed by atoms with Gasteiger partial charge in [0.25, 0.3) is 5.91 Å². The fraction of sp³-hybridized carbons (Fsp3) is 0.217. The molecule has 2 aliphatic rings. The predicted molar refractivity (Wildman–Crippen MR) is 127 cm³/mol. The molecule has 0 bridgehead atoms. The molecule has 1 aromatic heterocycles. The number of aromatic nitrogens is 2. The van der Waals surface area contributed by atoms with Gasteiger partial charge in [0.05, 0.1) is 18.9 Å². The number of carbonyl (C=O) groups excluding carboxylic acids is 1. The summed E-state index contributed by atoms with van der Waals surface area (Å²) in [5.41, 5.74) is -0.0208. The first kappa shape index (κ1) is 22.0. The molecule has 3 heterocycles. The molecule has 10 heteroatoms. The number of anilines is 1. The van der Waals surface area contributed by atoms with E-state index in [4.69, 9.17) is 4.99 Å². The van der Waals surface area contributed by atoms with Gasteiger partial charge in [-0.05, 0) is 30.3 Å². The normalized spacial score (nSPS) is 22.0. The molecule has 2 aliphatic heterocycles. The number of hydrogen-bond acceptors (Lipinski definition) is 6. The Morgan fingerprint density at radius 2 is 1.91 bits per heavy atom. The van der Waals surface area contributed by atoms with Gasteiger partial charge in [0.1, 0.15) is 11.4 Å². The molecule has 2 atom stereocenters. The lowest BCUT2D eigenvalue weighted by atomic mass is 9.81. The van der Waals surface area contributed by atoms with E-state index in [0.29, 0.717) is 41.1 Å². The zero-order valence-corrected chi connectivity index (χ0v) is 19.6. The van der Waals surface area contributed by atoms with Gasteiger partial charge in [-0.1, -0.05) is 45.9 Å². The third kappa shape index (κ3) is 4.24. The van der Waals surface area contributed by atoms with Crippen LogP contribution in [0.2, 0.25) is 0 Å². The van der Waals surface area contributed by atoms with Crippen molar-refractivity contribution in [2.45, 2.75) is 5.54 Å². The molecule has 1 amide bonds. The second-order valence-electron chi connectivity index (χ2n) is 7.88. The van der Waals surface area contributed by atoms with Gasteiger partial charge in [-0.25, -0.2) is 23.7 Å². The van der Waals surface area contributed by atoms with Crippen molar-refractivity contribution in [3.63, 3.8) is 0 Å². The zero-order valence-electron chi connectivity index (χ0n) is 17.2. The van der Waals surface area contributed by atoms with Crippen LogP contribution in [0.4, 0.5) is 14.7 Å². The Hall–Kier alpha value is -2.85. The van der Waals surface area contributed by atoms with Crippen LogP contribution in [0, 0.1) is 17.6 Å². The smallest absolute Gasteiger partial charge is 0.257 e. The van der Waals surface area contributed by atoms with Gasteiger partial charge in [-0.15, -0.1) is 0 Å². The Kier molecular flexibility index (Phi) is 5.88. The number of benzene rings is 2. The summed E-state index contributed by atoms with van der Waals surface area (Å²) < 4.78 is 29.2. The number of halogens is 3. The number of fused-ring (bicyclic) bond motifs is 1. The number of nitrogens with zero attached hydrogens (tertiary/aromatic N) is 4. The Morgan fingerprint density at radius 1 is 1.15 bits per heavy atom. The van der Waals surface area contributed by atoms with Gasteiger partial charge >= 0.3 is 0 Å². The molecule has 1 N–H and O–H groups in total. The number of aliphatic imine (C=N–C) groups is 1. The van der Waals surface area contributed by atoms with Crippen molar-refractivity contribution < 1.29 is 13.6 Å². The van der Waals surface area contributed by atoms with Gasteiger partial charge in [0.2, 0.25) is 5.95 Å². The van der Waals surface area contributed by atoms with E-state index in [-0.39, 0.29) is 17.6 Å². The van der Waals surface area contributed by atoms with Crippen molar-refractivity contribution in [2.24, 2.45) is 10.9 Å². The Bertz CT molecular complexity index is 1230. The van der Waals surface area contributed by atoms with E-state index in [1.165, 1.54) is 17.8 Å². The minimum Gasteiger partial charge on any atom is -0.338 e. The summed E-state index contributed by atoms with van der Waals surface area (Å²) in [7, 11) is 0. The number of rotatable bonds is 3. The molecule has 6 nitrogen and oxygen atoms in total. The molecule has 0 saturated carbocycles. The highest BCUT2D eigenvalue weighted by atomic mass is 79.9. The number of thioether (sulfide) groups is 1. The van der Waals surface area contributed by atoms with Crippen LogP contribution < -0.4 is 10.2 Å². The third-order valence-electron chi connectivity index (χ3n) is 5.81. The van der Waals surface area contributed by atoms with Crippen LogP contribution in [0.3, 0.4) is 0 Å². The van der Waals surface area contributed by atoms with Crippen molar-refractivity contribution in [1.29, 1.82) is 0 Å². The second kappa shape index (κ2) is 8.83. The Balaban J connectivity index is 1.54. The lowest BCUT2D eigenvalue weighted by molar-refractivity contribution is 0.0977. The van der Waals surface area contributed by atoms with E-state index in [1.807, 2.05) is 11.0 Å². The topological polar surface area (TPSA) is 70.5 Å². The summed E-state index contributed by atoms with van der Waals surface area (Å²) >= 11 is 4.86. The lowest BCUT2D eigenvalue weighted by Crippen LogP contribution is -2.43. The van der Waals surface area contributed by atoms with E-state index >= 15 is 4.39 Å². The lowest BCUT2D eigenvalue weighted by Gasteiger charge is -2.35. The molecule has 2 aromatic carbocycles. The maximum atomic E-state index is 15.1. The average molecular weight is 530 g/mol. The summed E-state index contributed by atoms with van der Waals surface area (Å²) in [5.74, 6) is -0.288. The van der Waals surface area contributed by atoms with Crippen LogP contribution >= 0.6 is 27.7 Å². The van der Waals surface area contributed by atoms with E-state index in [1.54, 1.807) is 36.4 Å². The SMILES string of the molecule is O=C(NC1=N[C@]2(c3cc(Br)ccc3F)CN(c3ncc(F)cn3)C[C@@H]2CS1)c1ccccc1. The van der Waals surface area contributed by atoms with Gasteiger partial charge in [-0.3, -0.25) is 4.79 Å². The third-order valence-corrected chi connectivity index (χ3v) is 7.34. The molecule has 0 aliphatic carbocycles. The molecule has 3 aromatic rings. The number of amidine groups is 1. The van der Waals surface area contributed by atoms with Crippen LogP contribution in [0.1, 0.15) is 15.9 Å².